The third kappa shape index (κ3) is 2.49. The molecule has 1 saturated heterocycles. The molecule has 2 heterocycles. The van der Waals surface area contributed by atoms with Crippen LogP contribution in [0.3, 0.4) is 0 Å². The van der Waals surface area contributed by atoms with Gasteiger partial charge in [0.25, 0.3) is 0 Å². The van der Waals surface area contributed by atoms with E-state index in [0.29, 0.717) is 5.92 Å². The second-order valence-electron chi connectivity index (χ2n) is 7.07. The number of benzene rings is 2. The highest BCUT2D eigenvalue weighted by molar-refractivity contribution is 6.09. The van der Waals surface area contributed by atoms with Crippen LogP contribution in [0.1, 0.15) is 25.3 Å². The summed E-state index contributed by atoms with van der Waals surface area (Å²) in [4.78, 5) is 8.58. The van der Waals surface area contributed by atoms with Gasteiger partial charge in [-0.2, -0.15) is 0 Å². The Bertz CT molecular complexity index is 839. The van der Waals surface area contributed by atoms with Crippen molar-refractivity contribution in [3.8, 4) is 0 Å². The van der Waals surface area contributed by atoms with Gasteiger partial charge in [-0.1, -0.05) is 32.0 Å². The van der Waals surface area contributed by atoms with Crippen molar-refractivity contribution >= 4 is 27.5 Å². The zero-order valence-corrected chi connectivity index (χ0v) is 14.3. The number of hydrogen-bond donors (Lipinski definition) is 1. The van der Waals surface area contributed by atoms with Crippen LogP contribution < -0.4 is 4.90 Å². The molecule has 0 radical (unpaired) electrons. The van der Waals surface area contributed by atoms with Crippen molar-refractivity contribution in [2.75, 3.05) is 38.1 Å². The summed E-state index contributed by atoms with van der Waals surface area (Å²) < 4.78 is 0. The average molecular weight is 307 g/mol. The van der Waals surface area contributed by atoms with Gasteiger partial charge in [-0.05, 0) is 36.7 Å². The lowest BCUT2D eigenvalue weighted by atomic mass is 9.98. The fraction of sp³-hybridized carbons (Fsp3) is 0.400. The largest absolute Gasteiger partial charge is 0.369 e. The number of nitrogens with zero attached hydrogens (tertiary/aromatic N) is 2. The van der Waals surface area contributed by atoms with E-state index >= 15 is 0 Å². The molecule has 1 aliphatic rings. The van der Waals surface area contributed by atoms with E-state index in [0.717, 1.165) is 26.2 Å². The number of piperazine rings is 1. The first-order chi connectivity index (χ1) is 11.1. The molecule has 2 aromatic carbocycles. The van der Waals surface area contributed by atoms with Crippen LogP contribution in [0.15, 0.2) is 36.4 Å². The van der Waals surface area contributed by atoms with Crippen LogP contribution in [-0.2, 0) is 0 Å². The van der Waals surface area contributed by atoms with Gasteiger partial charge in [0.15, 0.2) is 0 Å². The topological polar surface area (TPSA) is 22.3 Å². The zero-order valence-electron chi connectivity index (χ0n) is 14.3. The summed E-state index contributed by atoms with van der Waals surface area (Å²) in [6.45, 7) is 9.08. The van der Waals surface area contributed by atoms with Gasteiger partial charge in [-0.15, -0.1) is 0 Å². The Kier molecular flexibility index (Phi) is 3.53. The van der Waals surface area contributed by atoms with Gasteiger partial charge in [0.05, 0.1) is 5.52 Å². The minimum Gasteiger partial charge on any atom is -0.369 e. The van der Waals surface area contributed by atoms with Crippen molar-refractivity contribution in [3.63, 3.8) is 0 Å². The molecule has 23 heavy (non-hydrogen) atoms. The normalized spacial score (nSPS) is 16.8. The molecule has 1 fully saturated rings. The van der Waals surface area contributed by atoms with E-state index < -0.39 is 0 Å². The van der Waals surface area contributed by atoms with E-state index in [-0.39, 0.29) is 0 Å². The minimum atomic E-state index is 0.512. The molecular weight excluding hydrogens is 282 g/mol. The van der Waals surface area contributed by atoms with Crippen molar-refractivity contribution in [2.45, 2.75) is 19.8 Å². The molecule has 3 heteroatoms. The first kappa shape index (κ1) is 14.6. The Hall–Kier alpha value is -2.00. The number of rotatable bonds is 2. The van der Waals surface area contributed by atoms with Gasteiger partial charge >= 0.3 is 0 Å². The standard InChI is InChI=1S/C20H25N3/c1-14(2)17-12-15(23-10-8-22(3)9-11-23)13-18-16-6-4-5-7-19(16)21-20(17)18/h4-7,12-14,21H,8-11H2,1-3H3. The molecule has 0 amide bonds. The summed E-state index contributed by atoms with van der Waals surface area (Å²) in [7, 11) is 2.21. The summed E-state index contributed by atoms with van der Waals surface area (Å²) in [6.07, 6.45) is 0. The van der Waals surface area contributed by atoms with Crippen molar-refractivity contribution in [2.24, 2.45) is 0 Å². The fourth-order valence-electron chi connectivity index (χ4n) is 3.66. The van der Waals surface area contributed by atoms with Crippen LogP contribution in [0.25, 0.3) is 21.8 Å². The van der Waals surface area contributed by atoms with Crippen LogP contribution in [0.4, 0.5) is 5.69 Å². The van der Waals surface area contributed by atoms with Crippen molar-refractivity contribution in [3.05, 3.63) is 42.0 Å². The number of fused-ring (bicyclic) bond motifs is 3. The predicted octanol–water partition coefficient (Wildman–Crippen LogP) is 4.20. The second-order valence-corrected chi connectivity index (χ2v) is 7.07. The van der Waals surface area contributed by atoms with E-state index in [9.17, 15) is 0 Å². The smallest absolute Gasteiger partial charge is 0.0501 e. The lowest BCUT2D eigenvalue weighted by Gasteiger charge is -2.34. The van der Waals surface area contributed by atoms with Crippen LogP contribution in [0.2, 0.25) is 0 Å². The SMILES string of the molecule is CC(C)c1cc(N2CCN(C)CC2)cc2c1[nH]c1ccccc12. The molecule has 0 unspecified atom stereocenters. The quantitative estimate of drug-likeness (QED) is 0.766. The Morgan fingerprint density at radius 3 is 2.43 bits per heavy atom. The first-order valence-corrected chi connectivity index (χ1v) is 8.61. The molecule has 120 valence electrons. The molecule has 3 aromatic rings. The Morgan fingerprint density at radius 1 is 0.957 bits per heavy atom. The Labute approximate surface area is 137 Å². The highest BCUT2D eigenvalue weighted by Crippen LogP contribution is 2.35. The average Bonchev–Trinajstić information content (AvgIpc) is 2.93. The molecule has 0 spiro atoms. The zero-order chi connectivity index (χ0) is 16.0. The number of H-pyrrole nitrogens is 1. The fourth-order valence-corrected chi connectivity index (χ4v) is 3.66. The van der Waals surface area contributed by atoms with Gasteiger partial charge in [-0.25, -0.2) is 0 Å². The molecule has 0 saturated carbocycles. The van der Waals surface area contributed by atoms with E-state index in [4.69, 9.17) is 0 Å². The summed E-state index contributed by atoms with van der Waals surface area (Å²) >= 11 is 0. The molecule has 3 nitrogen and oxygen atoms in total. The lowest BCUT2D eigenvalue weighted by Crippen LogP contribution is -2.44. The molecule has 1 N–H and O–H groups in total. The van der Waals surface area contributed by atoms with Gasteiger partial charge in [0.1, 0.15) is 0 Å². The Morgan fingerprint density at radius 2 is 1.70 bits per heavy atom. The third-order valence-corrected chi connectivity index (χ3v) is 5.12. The molecule has 0 aliphatic carbocycles. The van der Waals surface area contributed by atoms with Gasteiger partial charge in [0.2, 0.25) is 0 Å². The van der Waals surface area contributed by atoms with Crippen molar-refractivity contribution in [1.29, 1.82) is 0 Å². The summed E-state index contributed by atoms with van der Waals surface area (Å²) in [5, 5.41) is 2.70. The number of anilines is 1. The van der Waals surface area contributed by atoms with E-state index in [1.54, 1.807) is 0 Å². The monoisotopic (exact) mass is 307 g/mol. The number of hydrogen-bond acceptors (Lipinski definition) is 2. The number of aromatic amines is 1. The van der Waals surface area contributed by atoms with Crippen molar-refractivity contribution in [1.82, 2.24) is 9.88 Å². The molecular formula is C20H25N3. The molecule has 1 aromatic heterocycles. The third-order valence-electron chi connectivity index (χ3n) is 5.12. The van der Waals surface area contributed by atoms with Gasteiger partial charge in [-0.3, -0.25) is 0 Å². The summed E-state index contributed by atoms with van der Waals surface area (Å²) in [6, 6.07) is 13.4. The minimum absolute atomic E-state index is 0.512. The summed E-state index contributed by atoms with van der Waals surface area (Å²) in [5.74, 6) is 0.512. The summed E-state index contributed by atoms with van der Waals surface area (Å²) in [5.41, 5.74) is 5.34. The second kappa shape index (κ2) is 5.57. The molecule has 1 aliphatic heterocycles. The highest BCUT2D eigenvalue weighted by atomic mass is 15.2. The maximum Gasteiger partial charge on any atom is 0.0501 e. The number of nitrogens with one attached hydrogen (secondary N) is 1. The van der Waals surface area contributed by atoms with Gasteiger partial charge in [0, 0.05) is 48.2 Å². The lowest BCUT2D eigenvalue weighted by molar-refractivity contribution is 0.313. The number of likely N-dealkylation sites (N-methyl/N-ethyl adjacent to an activating group) is 1. The molecule has 0 bridgehead atoms. The van der Waals surface area contributed by atoms with E-state index in [1.165, 1.54) is 33.1 Å². The van der Waals surface area contributed by atoms with Crippen LogP contribution >= 0.6 is 0 Å². The van der Waals surface area contributed by atoms with Gasteiger partial charge < -0.3 is 14.8 Å². The maximum absolute atomic E-state index is 3.64. The van der Waals surface area contributed by atoms with E-state index in [2.05, 4.69) is 72.1 Å². The molecule has 4 rings (SSSR count). The first-order valence-electron chi connectivity index (χ1n) is 8.61. The number of aromatic nitrogens is 1. The highest BCUT2D eigenvalue weighted by Gasteiger charge is 2.18. The number of para-hydroxylation sites is 1. The molecule has 0 atom stereocenters. The van der Waals surface area contributed by atoms with Crippen molar-refractivity contribution < 1.29 is 0 Å². The predicted molar refractivity (Wildman–Crippen MR) is 99.6 cm³/mol. The van der Waals surface area contributed by atoms with Crippen LogP contribution in [0, 0.1) is 0 Å². The van der Waals surface area contributed by atoms with Crippen LogP contribution in [0.5, 0.6) is 0 Å². The Balaban J connectivity index is 1.90. The maximum atomic E-state index is 3.64. The van der Waals surface area contributed by atoms with E-state index in [1.807, 2.05) is 0 Å². The van der Waals surface area contributed by atoms with Crippen LogP contribution in [-0.4, -0.2) is 43.1 Å².